The van der Waals surface area contributed by atoms with Crippen molar-refractivity contribution in [2.24, 2.45) is 5.92 Å². The minimum Gasteiger partial charge on any atom is -0.508 e. The number of aromatic hydroxyl groups is 1. The van der Waals surface area contributed by atoms with Crippen LogP contribution >= 0.6 is 0 Å². The van der Waals surface area contributed by atoms with Gasteiger partial charge in [-0.15, -0.1) is 0 Å². The van der Waals surface area contributed by atoms with Gasteiger partial charge in [0.05, 0.1) is 5.69 Å². The number of hydrogen-bond acceptors (Lipinski definition) is 5. The summed E-state index contributed by atoms with van der Waals surface area (Å²) in [5.41, 5.74) is 10.3. The maximum Gasteiger partial charge on any atom is 0.150 e. The van der Waals surface area contributed by atoms with E-state index in [1.54, 1.807) is 30.3 Å². The third-order valence-electron chi connectivity index (χ3n) is 7.39. The van der Waals surface area contributed by atoms with E-state index in [0.29, 0.717) is 12.4 Å². The number of halogens is 1. The third kappa shape index (κ3) is 4.91. The summed E-state index contributed by atoms with van der Waals surface area (Å²) in [6, 6.07) is 17.8. The number of anilines is 1. The molecule has 2 atom stereocenters. The second-order valence-corrected chi connectivity index (χ2v) is 9.73. The molecule has 5 nitrogen and oxygen atoms in total. The number of nitrogens with zero attached hydrogens (tertiary/aromatic N) is 1. The van der Waals surface area contributed by atoms with Gasteiger partial charge in [-0.25, -0.2) is 4.39 Å². The van der Waals surface area contributed by atoms with E-state index in [0.717, 1.165) is 52.6 Å². The van der Waals surface area contributed by atoms with E-state index >= 15 is 0 Å². The molecule has 1 saturated heterocycles. The Balaban J connectivity index is 1.38. The van der Waals surface area contributed by atoms with Crippen LogP contribution in [0.3, 0.4) is 0 Å². The highest BCUT2D eigenvalue weighted by Gasteiger charge is 2.30. The monoisotopic (exact) mass is 488 g/mol. The van der Waals surface area contributed by atoms with Crippen molar-refractivity contribution in [1.29, 1.82) is 0 Å². The molecule has 0 saturated carbocycles. The summed E-state index contributed by atoms with van der Waals surface area (Å²) in [4.78, 5) is 2.47. The average molecular weight is 489 g/mol. The molecule has 1 unspecified atom stereocenters. The fraction of sp³-hybridized carbons (Fsp3) is 0.333. The van der Waals surface area contributed by atoms with Gasteiger partial charge >= 0.3 is 0 Å². The minimum absolute atomic E-state index is 0.0836. The maximum absolute atomic E-state index is 13.9. The molecule has 188 valence electrons. The lowest BCUT2D eigenvalue weighted by Gasteiger charge is -2.31. The summed E-state index contributed by atoms with van der Waals surface area (Å²) < 4.78 is 26.4. The average Bonchev–Trinajstić information content (AvgIpc) is 3.35. The molecule has 2 heterocycles. The zero-order valence-electron chi connectivity index (χ0n) is 20.8. The van der Waals surface area contributed by atoms with Crippen molar-refractivity contribution in [1.82, 2.24) is 4.90 Å². The molecule has 3 N–H and O–H groups in total. The van der Waals surface area contributed by atoms with Crippen LogP contribution in [0, 0.1) is 11.7 Å². The first kappa shape index (κ1) is 24.2. The Morgan fingerprint density at radius 3 is 2.64 bits per heavy atom. The molecule has 2 aliphatic rings. The predicted octanol–water partition coefficient (Wildman–Crippen LogP) is 6.29. The van der Waals surface area contributed by atoms with Crippen LogP contribution in [0.25, 0.3) is 11.1 Å². The van der Waals surface area contributed by atoms with Crippen LogP contribution in [0.2, 0.25) is 0 Å². The Bertz CT molecular complexity index is 1270. The number of benzene rings is 3. The molecule has 3 aromatic carbocycles. The van der Waals surface area contributed by atoms with E-state index in [-0.39, 0.29) is 11.4 Å². The standard InChI is InChI=1S/C30H33FN2O3/c1-3-20-12-13-33(18-20)14-15-35-24-8-4-21(5-9-24)30-29(22-6-10-26(31)27(32)16-22)19(2)25-17-23(34)7-11-28(25)36-30/h4-11,16-17,20,30,34H,3,12-15,18,32H2,1-2H3/t20-,30?/m1/s1. The molecule has 0 spiro atoms. The number of phenols is 1. The van der Waals surface area contributed by atoms with Crippen molar-refractivity contribution in [3.63, 3.8) is 0 Å². The van der Waals surface area contributed by atoms with Crippen LogP contribution < -0.4 is 15.2 Å². The van der Waals surface area contributed by atoms with E-state index < -0.39 is 11.9 Å². The maximum atomic E-state index is 13.9. The van der Waals surface area contributed by atoms with Crippen LogP contribution in [-0.2, 0) is 0 Å². The number of likely N-dealkylation sites (tertiary alicyclic amines) is 1. The third-order valence-corrected chi connectivity index (χ3v) is 7.39. The van der Waals surface area contributed by atoms with Crippen LogP contribution in [0.15, 0.2) is 60.7 Å². The summed E-state index contributed by atoms with van der Waals surface area (Å²) in [6.07, 6.45) is 2.11. The lowest BCUT2D eigenvalue weighted by atomic mass is 9.86. The van der Waals surface area contributed by atoms with E-state index in [2.05, 4.69) is 11.8 Å². The molecular formula is C30H33FN2O3. The zero-order valence-corrected chi connectivity index (χ0v) is 20.8. The Labute approximate surface area is 212 Å². The number of nitrogens with two attached hydrogens (primary N) is 1. The Morgan fingerprint density at radius 1 is 1.11 bits per heavy atom. The number of hydrogen-bond donors (Lipinski definition) is 2. The molecule has 0 aromatic heterocycles. The van der Waals surface area contributed by atoms with Gasteiger partial charge in [0.15, 0.2) is 0 Å². The van der Waals surface area contributed by atoms with Gasteiger partial charge in [0, 0.05) is 24.2 Å². The second kappa shape index (κ2) is 10.2. The summed E-state index contributed by atoms with van der Waals surface area (Å²) in [7, 11) is 0. The molecule has 2 aliphatic heterocycles. The van der Waals surface area contributed by atoms with Gasteiger partial charge < -0.3 is 20.3 Å². The van der Waals surface area contributed by atoms with Crippen molar-refractivity contribution < 1.29 is 19.0 Å². The fourth-order valence-electron chi connectivity index (χ4n) is 5.24. The minimum atomic E-state index is -0.455. The highest BCUT2D eigenvalue weighted by molar-refractivity contribution is 5.96. The number of phenolic OH excluding ortho intramolecular Hbond substituents is 1. The smallest absolute Gasteiger partial charge is 0.150 e. The van der Waals surface area contributed by atoms with Crippen molar-refractivity contribution in [3.05, 3.63) is 83.2 Å². The zero-order chi connectivity index (χ0) is 25.2. The fourth-order valence-corrected chi connectivity index (χ4v) is 5.24. The van der Waals surface area contributed by atoms with Crippen molar-refractivity contribution in [3.8, 4) is 17.2 Å². The van der Waals surface area contributed by atoms with Crippen molar-refractivity contribution >= 4 is 16.8 Å². The van der Waals surface area contributed by atoms with Crippen LogP contribution in [0.5, 0.6) is 17.2 Å². The lowest BCUT2D eigenvalue weighted by molar-refractivity contribution is 0.232. The van der Waals surface area contributed by atoms with Crippen LogP contribution in [-0.4, -0.2) is 36.2 Å². The molecule has 36 heavy (non-hydrogen) atoms. The molecule has 0 aliphatic carbocycles. The molecule has 1 fully saturated rings. The van der Waals surface area contributed by atoms with Crippen molar-refractivity contribution in [2.45, 2.75) is 32.8 Å². The van der Waals surface area contributed by atoms with E-state index in [1.165, 1.54) is 25.5 Å². The Kier molecular flexibility index (Phi) is 6.88. The first-order valence-electron chi connectivity index (χ1n) is 12.6. The van der Waals surface area contributed by atoms with E-state index in [9.17, 15) is 9.50 Å². The van der Waals surface area contributed by atoms with Gasteiger partial charge in [0.1, 0.15) is 35.8 Å². The molecule has 0 bridgehead atoms. The van der Waals surface area contributed by atoms with Crippen LogP contribution in [0.1, 0.15) is 49.5 Å². The Morgan fingerprint density at radius 2 is 1.92 bits per heavy atom. The van der Waals surface area contributed by atoms with Gasteiger partial charge in [0.2, 0.25) is 0 Å². The summed E-state index contributed by atoms with van der Waals surface area (Å²) in [5, 5.41) is 10.1. The van der Waals surface area contributed by atoms with Gasteiger partial charge in [-0.1, -0.05) is 31.5 Å². The van der Waals surface area contributed by atoms with Crippen molar-refractivity contribution in [2.75, 3.05) is 32.0 Å². The summed E-state index contributed by atoms with van der Waals surface area (Å²) >= 11 is 0. The lowest BCUT2D eigenvalue weighted by Crippen LogP contribution is -2.26. The van der Waals surface area contributed by atoms with Gasteiger partial charge in [0.25, 0.3) is 0 Å². The molecule has 3 aromatic rings. The van der Waals surface area contributed by atoms with Gasteiger partial charge in [-0.2, -0.15) is 0 Å². The molecule has 0 amide bonds. The van der Waals surface area contributed by atoms with E-state index in [1.807, 2.05) is 31.2 Å². The van der Waals surface area contributed by atoms with Crippen LogP contribution in [0.4, 0.5) is 10.1 Å². The first-order valence-corrected chi connectivity index (χ1v) is 12.6. The molecular weight excluding hydrogens is 455 g/mol. The molecule has 6 heteroatoms. The number of ether oxygens (including phenoxy) is 2. The summed E-state index contributed by atoms with van der Waals surface area (Å²) in [6.45, 7) is 8.16. The first-order chi connectivity index (χ1) is 17.4. The normalized spacial score (nSPS) is 19.8. The highest BCUT2D eigenvalue weighted by Crippen LogP contribution is 2.47. The predicted molar refractivity (Wildman–Crippen MR) is 142 cm³/mol. The number of allylic oxidation sites excluding steroid dienone is 1. The number of fused-ring (bicyclic) bond motifs is 1. The summed E-state index contributed by atoms with van der Waals surface area (Å²) in [5.74, 6) is 2.03. The van der Waals surface area contributed by atoms with Gasteiger partial charge in [-0.05, 0) is 85.0 Å². The largest absolute Gasteiger partial charge is 0.508 e. The number of nitrogen functional groups attached to an aromatic ring is 1. The Hall–Kier alpha value is -3.51. The van der Waals surface area contributed by atoms with Gasteiger partial charge in [-0.3, -0.25) is 4.90 Å². The SMILES string of the molecule is CC[C@@H]1CCN(CCOc2ccc(C3Oc4ccc(O)cc4C(C)=C3c3ccc(F)c(N)c3)cc2)C1. The number of rotatable bonds is 7. The van der Waals surface area contributed by atoms with E-state index in [4.69, 9.17) is 15.2 Å². The molecule has 5 rings (SSSR count). The quantitative estimate of drug-likeness (QED) is 0.383. The molecule has 0 radical (unpaired) electrons. The highest BCUT2D eigenvalue weighted by atomic mass is 19.1. The topological polar surface area (TPSA) is 68.0 Å². The second-order valence-electron chi connectivity index (χ2n) is 9.73.